The van der Waals surface area contributed by atoms with E-state index in [1.165, 1.54) is 31.0 Å². The van der Waals surface area contributed by atoms with Crippen molar-refractivity contribution in [3.63, 3.8) is 0 Å². The Morgan fingerprint density at radius 3 is 2.14 bits per heavy atom. The van der Waals surface area contributed by atoms with Gasteiger partial charge in [-0.15, -0.1) is 0 Å². The molecule has 4 rings (SSSR count). The van der Waals surface area contributed by atoms with Crippen LogP contribution in [-0.4, -0.2) is 33.0 Å². The Bertz CT molecular complexity index is 845. The fourth-order valence-electron chi connectivity index (χ4n) is 4.02. The van der Waals surface area contributed by atoms with Crippen molar-refractivity contribution in [2.24, 2.45) is 0 Å². The number of carbonyl (C=O) groups is 1. The normalized spacial score (nSPS) is 21.1. The molecule has 6 heteroatoms. The quantitative estimate of drug-likeness (QED) is 0.538. The molecule has 2 atom stereocenters. The van der Waals surface area contributed by atoms with Crippen LogP contribution in [0.3, 0.4) is 0 Å². The maximum absolute atomic E-state index is 13.3. The number of amides is 1. The molecule has 0 spiro atoms. The van der Waals surface area contributed by atoms with Gasteiger partial charge in [-0.25, -0.2) is 0 Å². The molecule has 2 aliphatic heterocycles. The summed E-state index contributed by atoms with van der Waals surface area (Å²) in [5.41, 5.74) is 1.92. The first-order valence-corrected chi connectivity index (χ1v) is 11.9. The molecule has 0 radical (unpaired) electrons. The number of hydrogen-bond acceptors (Lipinski definition) is 4. The number of fused-ring (bicyclic) bond motifs is 2. The summed E-state index contributed by atoms with van der Waals surface area (Å²) in [5, 5.41) is 0. The molecule has 2 aromatic rings. The molecule has 0 saturated carbocycles. The van der Waals surface area contributed by atoms with Crippen molar-refractivity contribution in [1.82, 2.24) is 4.90 Å². The van der Waals surface area contributed by atoms with Gasteiger partial charge in [-0.1, -0.05) is 60.0 Å². The minimum Gasteiger partial charge on any atom is -0.352 e. The standard InChI is InChI=1S/C22H24N2OS3/c1-15-8-7-9-16(2)23(15)22(26)27-14-21(25)24-17-10-3-5-12-19(17)28-20-13-6-4-11-18(20)24/h3-6,10-13,15-16H,7-9,14H2,1-2H3. The maximum atomic E-state index is 13.3. The number of anilines is 2. The van der Waals surface area contributed by atoms with E-state index in [1.54, 1.807) is 11.8 Å². The molecule has 2 unspecified atom stereocenters. The number of hydrogen-bond donors (Lipinski definition) is 0. The molecule has 1 fully saturated rings. The van der Waals surface area contributed by atoms with E-state index in [4.69, 9.17) is 12.2 Å². The van der Waals surface area contributed by atoms with Gasteiger partial charge in [0.05, 0.1) is 17.1 Å². The summed E-state index contributed by atoms with van der Waals surface area (Å²) in [6.45, 7) is 4.47. The van der Waals surface area contributed by atoms with Crippen molar-refractivity contribution in [2.45, 2.75) is 55.0 Å². The fourth-order valence-corrected chi connectivity index (χ4v) is 6.50. The highest BCUT2D eigenvalue weighted by Crippen LogP contribution is 2.48. The van der Waals surface area contributed by atoms with E-state index < -0.39 is 0 Å². The summed E-state index contributed by atoms with van der Waals surface area (Å²) in [5.74, 6) is 0.423. The minimum absolute atomic E-state index is 0.0739. The molecule has 1 saturated heterocycles. The second-order valence-corrected chi connectivity index (χ2v) is 10.1. The summed E-state index contributed by atoms with van der Waals surface area (Å²) >= 11 is 8.94. The van der Waals surface area contributed by atoms with Crippen LogP contribution in [0.1, 0.15) is 33.1 Å². The number of rotatable bonds is 2. The van der Waals surface area contributed by atoms with Crippen molar-refractivity contribution in [3.8, 4) is 0 Å². The maximum Gasteiger partial charge on any atom is 0.242 e. The van der Waals surface area contributed by atoms with E-state index in [0.717, 1.165) is 25.5 Å². The average molecular weight is 429 g/mol. The number of thiocarbonyl (C=S) groups is 1. The third-order valence-corrected chi connectivity index (χ3v) is 7.95. The molecule has 146 valence electrons. The van der Waals surface area contributed by atoms with Gasteiger partial charge in [0.2, 0.25) is 5.91 Å². The Balaban J connectivity index is 1.53. The van der Waals surface area contributed by atoms with Crippen molar-refractivity contribution >= 4 is 57.3 Å². The first-order chi connectivity index (χ1) is 13.6. The topological polar surface area (TPSA) is 23.6 Å². The molecule has 0 aromatic heterocycles. The molecular weight excluding hydrogens is 404 g/mol. The summed E-state index contributed by atoms with van der Waals surface area (Å²) in [6, 6.07) is 17.1. The minimum atomic E-state index is 0.0739. The molecule has 0 N–H and O–H groups in total. The van der Waals surface area contributed by atoms with Gasteiger partial charge in [-0.3, -0.25) is 9.69 Å². The van der Waals surface area contributed by atoms with Crippen LogP contribution in [0.4, 0.5) is 11.4 Å². The van der Waals surface area contributed by atoms with Crippen LogP contribution in [0.25, 0.3) is 0 Å². The lowest BCUT2D eigenvalue weighted by Gasteiger charge is -2.40. The average Bonchev–Trinajstić information content (AvgIpc) is 2.70. The van der Waals surface area contributed by atoms with Crippen molar-refractivity contribution in [3.05, 3.63) is 48.5 Å². The van der Waals surface area contributed by atoms with Crippen LogP contribution < -0.4 is 4.90 Å². The van der Waals surface area contributed by atoms with Crippen LogP contribution in [0.15, 0.2) is 58.3 Å². The number of thioether (sulfide) groups is 1. The Hall–Kier alpha value is -1.50. The fraction of sp³-hybridized carbons (Fsp3) is 0.364. The lowest BCUT2D eigenvalue weighted by Crippen LogP contribution is -2.46. The zero-order valence-corrected chi connectivity index (χ0v) is 18.6. The largest absolute Gasteiger partial charge is 0.352 e. The number of likely N-dealkylation sites (tertiary alicyclic amines) is 1. The van der Waals surface area contributed by atoms with Gasteiger partial charge in [0, 0.05) is 21.9 Å². The van der Waals surface area contributed by atoms with Crippen LogP contribution in [-0.2, 0) is 4.79 Å². The molecule has 1 amide bonds. The van der Waals surface area contributed by atoms with Gasteiger partial charge >= 0.3 is 0 Å². The summed E-state index contributed by atoms with van der Waals surface area (Å²) in [4.78, 5) is 19.7. The van der Waals surface area contributed by atoms with Gasteiger partial charge in [0.25, 0.3) is 0 Å². The summed E-state index contributed by atoms with van der Waals surface area (Å²) < 4.78 is 0.848. The lowest BCUT2D eigenvalue weighted by molar-refractivity contribution is -0.115. The second-order valence-electron chi connectivity index (χ2n) is 7.36. The van der Waals surface area contributed by atoms with Crippen LogP contribution in [0.5, 0.6) is 0 Å². The van der Waals surface area contributed by atoms with Crippen LogP contribution >= 0.6 is 35.7 Å². The van der Waals surface area contributed by atoms with Crippen molar-refractivity contribution in [1.29, 1.82) is 0 Å². The molecule has 0 aliphatic carbocycles. The number of benzene rings is 2. The Morgan fingerprint density at radius 1 is 1.04 bits per heavy atom. The first kappa shape index (κ1) is 19.8. The summed E-state index contributed by atoms with van der Waals surface area (Å²) in [7, 11) is 0. The number of para-hydroxylation sites is 2. The monoisotopic (exact) mass is 428 g/mol. The lowest BCUT2D eigenvalue weighted by atomic mass is 9.99. The van der Waals surface area contributed by atoms with E-state index in [1.807, 2.05) is 41.3 Å². The van der Waals surface area contributed by atoms with Crippen molar-refractivity contribution < 1.29 is 4.79 Å². The molecule has 2 aromatic carbocycles. The van der Waals surface area contributed by atoms with Gasteiger partial charge < -0.3 is 4.90 Å². The first-order valence-electron chi connectivity index (χ1n) is 9.70. The van der Waals surface area contributed by atoms with Gasteiger partial charge in [-0.2, -0.15) is 0 Å². The highest BCUT2D eigenvalue weighted by Gasteiger charge is 2.30. The molecule has 3 nitrogen and oxygen atoms in total. The molecule has 2 aliphatic rings. The molecular formula is C22H24N2OS3. The molecule has 28 heavy (non-hydrogen) atoms. The Kier molecular flexibility index (Phi) is 5.99. The van der Waals surface area contributed by atoms with E-state index in [0.29, 0.717) is 17.8 Å². The van der Waals surface area contributed by atoms with E-state index in [9.17, 15) is 4.79 Å². The zero-order valence-electron chi connectivity index (χ0n) is 16.1. The van der Waals surface area contributed by atoms with Crippen LogP contribution in [0.2, 0.25) is 0 Å². The molecule has 2 heterocycles. The number of nitrogens with zero attached hydrogens (tertiary/aromatic N) is 2. The van der Waals surface area contributed by atoms with Crippen molar-refractivity contribution in [2.75, 3.05) is 10.7 Å². The highest BCUT2D eigenvalue weighted by molar-refractivity contribution is 8.23. The SMILES string of the molecule is CC1CCCC(C)N1C(=S)SCC(=O)N1c2ccccc2Sc2ccccc21. The predicted molar refractivity (Wildman–Crippen MR) is 124 cm³/mol. The van der Waals surface area contributed by atoms with Gasteiger partial charge in [0.1, 0.15) is 4.32 Å². The van der Waals surface area contributed by atoms with E-state index in [2.05, 4.69) is 30.9 Å². The third-order valence-electron chi connectivity index (χ3n) is 5.41. The predicted octanol–water partition coefficient (Wildman–Crippen LogP) is 6.10. The smallest absolute Gasteiger partial charge is 0.242 e. The van der Waals surface area contributed by atoms with Gasteiger partial charge in [0.15, 0.2) is 0 Å². The Labute approximate surface area is 180 Å². The summed E-state index contributed by atoms with van der Waals surface area (Å²) in [6.07, 6.45) is 3.59. The third kappa shape index (κ3) is 3.82. The number of piperidine rings is 1. The van der Waals surface area contributed by atoms with E-state index in [-0.39, 0.29) is 5.91 Å². The highest BCUT2D eigenvalue weighted by atomic mass is 32.2. The second kappa shape index (κ2) is 8.47. The van der Waals surface area contributed by atoms with Crippen LogP contribution in [0, 0.1) is 0 Å². The number of carbonyl (C=O) groups excluding carboxylic acids is 1. The van der Waals surface area contributed by atoms with Gasteiger partial charge in [-0.05, 0) is 57.4 Å². The Morgan fingerprint density at radius 2 is 1.57 bits per heavy atom. The molecule has 0 bridgehead atoms. The van der Waals surface area contributed by atoms with E-state index >= 15 is 0 Å². The zero-order chi connectivity index (χ0) is 19.7.